The maximum atomic E-state index is 12.0. The van der Waals surface area contributed by atoms with Crippen LogP contribution in [0.2, 0.25) is 0 Å². The van der Waals surface area contributed by atoms with Gasteiger partial charge in [0, 0.05) is 30.6 Å². The monoisotopic (exact) mass is 292 g/mol. The molecule has 0 heterocycles. The van der Waals surface area contributed by atoms with Gasteiger partial charge >= 0.3 is 0 Å². The molecule has 21 heavy (non-hydrogen) atoms. The first-order chi connectivity index (χ1) is 10.0. The standard InChI is InChI=1S/C16H24N2O3/c1-5-12(6-2)16(20)17-10-13-9-14(18-11(3)19)7-8-15(13)21-4/h7-9,12H,5-6,10H2,1-4H3,(H,17,20)(H,18,19). The summed E-state index contributed by atoms with van der Waals surface area (Å²) in [6.45, 7) is 5.85. The number of carbonyl (C=O) groups excluding carboxylic acids is 2. The molecule has 0 aliphatic heterocycles. The van der Waals surface area contributed by atoms with Crippen molar-refractivity contribution >= 4 is 17.5 Å². The van der Waals surface area contributed by atoms with Crippen LogP contribution >= 0.6 is 0 Å². The van der Waals surface area contributed by atoms with E-state index in [0.717, 1.165) is 18.4 Å². The van der Waals surface area contributed by atoms with Crippen molar-refractivity contribution in [2.24, 2.45) is 5.92 Å². The number of hydrogen-bond acceptors (Lipinski definition) is 3. The molecule has 0 aliphatic rings. The number of anilines is 1. The molecule has 5 nitrogen and oxygen atoms in total. The van der Waals surface area contributed by atoms with Crippen LogP contribution in [0.4, 0.5) is 5.69 Å². The van der Waals surface area contributed by atoms with Crippen LogP contribution in [0.5, 0.6) is 5.75 Å². The molecule has 5 heteroatoms. The first kappa shape index (κ1) is 17.0. The van der Waals surface area contributed by atoms with Crippen LogP contribution in [0.1, 0.15) is 39.2 Å². The summed E-state index contributed by atoms with van der Waals surface area (Å²) in [5.41, 5.74) is 1.53. The zero-order valence-corrected chi connectivity index (χ0v) is 13.2. The van der Waals surface area contributed by atoms with E-state index < -0.39 is 0 Å². The Morgan fingerprint density at radius 3 is 2.43 bits per heavy atom. The molecule has 1 rings (SSSR count). The van der Waals surface area contributed by atoms with E-state index in [1.807, 2.05) is 19.9 Å². The highest BCUT2D eigenvalue weighted by Crippen LogP contribution is 2.22. The second kappa shape index (κ2) is 8.29. The minimum Gasteiger partial charge on any atom is -0.496 e. The third-order valence-electron chi connectivity index (χ3n) is 3.41. The van der Waals surface area contributed by atoms with Gasteiger partial charge in [0.15, 0.2) is 0 Å². The van der Waals surface area contributed by atoms with Gasteiger partial charge in [-0.2, -0.15) is 0 Å². The minimum absolute atomic E-state index is 0.0366. The smallest absolute Gasteiger partial charge is 0.223 e. The van der Waals surface area contributed by atoms with Crippen LogP contribution in [-0.2, 0) is 16.1 Å². The van der Waals surface area contributed by atoms with E-state index in [-0.39, 0.29) is 17.7 Å². The highest BCUT2D eigenvalue weighted by molar-refractivity contribution is 5.88. The largest absolute Gasteiger partial charge is 0.496 e. The van der Waals surface area contributed by atoms with Gasteiger partial charge in [0.05, 0.1) is 7.11 Å². The van der Waals surface area contributed by atoms with Crippen molar-refractivity contribution < 1.29 is 14.3 Å². The van der Waals surface area contributed by atoms with Gasteiger partial charge in [-0.1, -0.05) is 13.8 Å². The van der Waals surface area contributed by atoms with Crippen LogP contribution in [0.15, 0.2) is 18.2 Å². The second-order valence-electron chi connectivity index (χ2n) is 4.94. The fourth-order valence-electron chi connectivity index (χ4n) is 2.18. The van der Waals surface area contributed by atoms with Crippen molar-refractivity contribution in [3.05, 3.63) is 23.8 Å². The lowest BCUT2D eigenvalue weighted by Gasteiger charge is -2.15. The van der Waals surface area contributed by atoms with Crippen molar-refractivity contribution in [2.75, 3.05) is 12.4 Å². The highest BCUT2D eigenvalue weighted by Gasteiger charge is 2.14. The van der Waals surface area contributed by atoms with Gasteiger partial charge in [-0.25, -0.2) is 0 Å². The van der Waals surface area contributed by atoms with E-state index >= 15 is 0 Å². The van der Waals surface area contributed by atoms with E-state index in [1.54, 1.807) is 19.2 Å². The van der Waals surface area contributed by atoms with E-state index in [0.29, 0.717) is 18.0 Å². The molecule has 0 radical (unpaired) electrons. The topological polar surface area (TPSA) is 67.4 Å². The zero-order chi connectivity index (χ0) is 15.8. The van der Waals surface area contributed by atoms with Crippen molar-refractivity contribution in [3.8, 4) is 5.75 Å². The summed E-state index contributed by atoms with van der Waals surface area (Å²) in [4.78, 5) is 23.1. The summed E-state index contributed by atoms with van der Waals surface area (Å²) < 4.78 is 5.29. The Balaban J connectivity index is 2.80. The number of benzene rings is 1. The van der Waals surface area contributed by atoms with E-state index in [4.69, 9.17) is 4.74 Å². The van der Waals surface area contributed by atoms with E-state index in [2.05, 4.69) is 10.6 Å². The Labute approximate surface area is 126 Å². The number of methoxy groups -OCH3 is 1. The number of amides is 2. The van der Waals surface area contributed by atoms with Crippen molar-refractivity contribution in [1.82, 2.24) is 5.32 Å². The molecule has 0 aliphatic carbocycles. The maximum Gasteiger partial charge on any atom is 0.223 e. The summed E-state index contributed by atoms with van der Waals surface area (Å²) in [5.74, 6) is 0.641. The van der Waals surface area contributed by atoms with Gasteiger partial charge in [-0.05, 0) is 31.0 Å². The molecule has 0 saturated carbocycles. The molecule has 1 aromatic carbocycles. The summed E-state index contributed by atoms with van der Waals surface area (Å²) in [7, 11) is 1.58. The maximum absolute atomic E-state index is 12.0. The molecule has 2 N–H and O–H groups in total. The minimum atomic E-state index is -0.132. The number of hydrogen-bond donors (Lipinski definition) is 2. The van der Waals surface area contributed by atoms with Crippen LogP contribution in [0.3, 0.4) is 0 Å². The highest BCUT2D eigenvalue weighted by atomic mass is 16.5. The number of carbonyl (C=O) groups is 2. The molecule has 0 aromatic heterocycles. The predicted molar refractivity (Wildman–Crippen MR) is 83.2 cm³/mol. The number of ether oxygens (including phenoxy) is 1. The lowest BCUT2D eigenvalue weighted by atomic mass is 10.0. The average molecular weight is 292 g/mol. The number of rotatable bonds is 7. The molecule has 1 aromatic rings. The first-order valence-corrected chi connectivity index (χ1v) is 7.24. The third-order valence-corrected chi connectivity index (χ3v) is 3.41. The quantitative estimate of drug-likeness (QED) is 0.812. The summed E-state index contributed by atoms with van der Waals surface area (Å²) in [6.07, 6.45) is 1.65. The third kappa shape index (κ3) is 5.10. The normalized spacial score (nSPS) is 10.3. The van der Waals surface area contributed by atoms with Crippen LogP contribution in [0.25, 0.3) is 0 Å². The van der Waals surface area contributed by atoms with E-state index in [1.165, 1.54) is 6.92 Å². The van der Waals surface area contributed by atoms with Gasteiger partial charge < -0.3 is 15.4 Å². The van der Waals surface area contributed by atoms with Gasteiger partial charge in [-0.3, -0.25) is 9.59 Å². The van der Waals surface area contributed by atoms with Crippen molar-refractivity contribution in [3.63, 3.8) is 0 Å². The zero-order valence-electron chi connectivity index (χ0n) is 13.2. The van der Waals surface area contributed by atoms with Crippen LogP contribution in [0, 0.1) is 5.92 Å². The van der Waals surface area contributed by atoms with Crippen LogP contribution in [-0.4, -0.2) is 18.9 Å². The molecule has 0 spiro atoms. The molecular formula is C16H24N2O3. The van der Waals surface area contributed by atoms with Gasteiger partial charge in [0.1, 0.15) is 5.75 Å². The Bertz CT molecular complexity index is 496. The average Bonchev–Trinajstić information content (AvgIpc) is 2.46. The number of nitrogens with one attached hydrogen (secondary N) is 2. The molecular weight excluding hydrogens is 268 g/mol. The molecule has 2 amide bonds. The van der Waals surface area contributed by atoms with Crippen LogP contribution < -0.4 is 15.4 Å². The summed E-state index contributed by atoms with van der Waals surface area (Å²) >= 11 is 0. The Kier molecular flexibility index (Phi) is 6.72. The van der Waals surface area contributed by atoms with E-state index in [9.17, 15) is 9.59 Å². The first-order valence-electron chi connectivity index (χ1n) is 7.24. The fraction of sp³-hybridized carbons (Fsp3) is 0.500. The lowest BCUT2D eigenvalue weighted by Crippen LogP contribution is -2.29. The molecule has 0 fully saturated rings. The van der Waals surface area contributed by atoms with Gasteiger partial charge in [0.2, 0.25) is 11.8 Å². The van der Waals surface area contributed by atoms with Gasteiger partial charge in [-0.15, -0.1) is 0 Å². The molecule has 0 bridgehead atoms. The lowest BCUT2D eigenvalue weighted by molar-refractivity contribution is -0.125. The molecule has 0 unspecified atom stereocenters. The predicted octanol–water partition coefficient (Wildman–Crippen LogP) is 2.71. The SMILES string of the molecule is CCC(CC)C(=O)NCc1cc(NC(C)=O)ccc1OC. The Hall–Kier alpha value is -2.04. The Morgan fingerprint density at radius 2 is 1.90 bits per heavy atom. The molecule has 0 atom stereocenters. The van der Waals surface area contributed by atoms with Gasteiger partial charge in [0.25, 0.3) is 0 Å². The Morgan fingerprint density at radius 1 is 1.24 bits per heavy atom. The summed E-state index contributed by atoms with van der Waals surface area (Å²) in [6, 6.07) is 5.36. The second-order valence-corrected chi connectivity index (χ2v) is 4.94. The van der Waals surface area contributed by atoms with Crippen molar-refractivity contribution in [1.29, 1.82) is 0 Å². The van der Waals surface area contributed by atoms with Crippen molar-refractivity contribution in [2.45, 2.75) is 40.2 Å². The fourth-order valence-corrected chi connectivity index (χ4v) is 2.18. The summed E-state index contributed by atoms with van der Waals surface area (Å²) in [5, 5.41) is 5.65. The molecule has 116 valence electrons. The molecule has 0 saturated heterocycles.